The van der Waals surface area contributed by atoms with E-state index < -0.39 is 17.6 Å². The van der Waals surface area contributed by atoms with Gasteiger partial charge < -0.3 is 14.8 Å². The Hall–Kier alpha value is -2.97. The number of carbonyl (C=O) groups excluding carboxylic acids is 1. The average Bonchev–Trinajstić information content (AvgIpc) is 2.78. The van der Waals surface area contributed by atoms with Gasteiger partial charge in [-0.05, 0) is 63.5 Å². The van der Waals surface area contributed by atoms with Crippen LogP contribution < -0.4 is 14.8 Å². The van der Waals surface area contributed by atoms with Crippen LogP contribution in [0.25, 0.3) is 6.08 Å². The second-order valence-corrected chi connectivity index (χ2v) is 8.08. The van der Waals surface area contributed by atoms with Gasteiger partial charge in [-0.3, -0.25) is 4.79 Å². The van der Waals surface area contributed by atoms with Crippen LogP contribution in [0.4, 0.5) is 18.9 Å². The highest BCUT2D eigenvalue weighted by molar-refractivity contribution is 9.10. The van der Waals surface area contributed by atoms with Crippen LogP contribution >= 0.6 is 27.5 Å². The molecular weight excluding hydrogens is 523 g/mol. The number of rotatable bonds is 7. The summed E-state index contributed by atoms with van der Waals surface area (Å²) in [5.41, 5.74) is 0.548. The second kappa shape index (κ2) is 10.8. The number of hydrogen-bond acceptors (Lipinski definition) is 3. The third-order valence-corrected chi connectivity index (χ3v) is 5.38. The van der Waals surface area contributed by atoms with Crippen LogP contribution in [0, 0.1) is 0 Å². The molecule has 0 heterocycles. The van der Waals surface area contributed by atoms with E-state index in [1.807, 2.05) is 30.3 Å². The lowest BCUT2D eigenvalue weighted by Gasteiger charge is -2.14. The number of ether oxygens (including phenoxy) is 2. The normalized spacial score (nSPS) is 11.5. The SMILES string of the molecule is COc1cc(/C=C/C(=O)Nc2cc(C(F)(F)F)ccc2Cl)cc(Br)c1OCc1ccccc1. The average molecular weight is 541 g/mol. The number of nitrogens with one attached hydrogen (secondary N) is 1. The molecule has 0 aliphatic heterocycles. The minimum atomic E-state index is -4.55. The highest BCUT2D eigenvalue weighted by Gasteiger charge is 2.31. The van der Waals surface area contributed by atoms with E-state index in [4.69, 9.17) is 21.1 Å². The van der Waals surface area contributed by atoms with Gasteiger partial charge in [-0.2, -0.15) is 13.2 Å². The summed E-state index contributed by atoms with van der Waals surface area (Å²) < 4.78 is 50.6. The zero-order chi connectivity index (χ0) is 24.0. The summed E-state index contributed by atoms with van der Waals surface area (Å²) in [4.78, 5) is 12.3. The number of amides is 1. The van der Waals surface area contributed by atoms with E-state index in [1.165, 1.54) is 19.3 Å². The van der Waals surface area contributed by atoms with Crippen LogP contribution in [-0.4, -0.2) is 13.0 Å². The van der Waals surface area contributed by atoms with E-state index in [1.54, 1.807) is 12.1 Å². The van der Waals surface area contributed by atoms with E-state index in [0.29, 0.717) is 28.1 Å². The smallest absolute Gasteiger partial charge is 0.416 e. The molecule has 9 heteroatoms. The minimum absolute atomic E-state index is 0.00548. The fraction of sp³-hybridized carbons (Fsp3) is 0.125. The molecule has 4 nitrogen and oxygen atoms in total. The van der Waals surface area contributed by atoms with E-state index in [0.717, 1.165) is 23.8 Å². The molecule has 1 N–H and O–H groups in total. The van der Waals surface area contributed by atoms with Crippen molar-refractivity contribution in [3.05, 3.63) is 92.9 Å². The summed E-state index contributed by atoms with van der Waals surface area (Å²) in [6, 6.07) is 15.7. The van der Waals surface area contributed by atoms with Crippen LogP contribution in [0.1, 0.15) is 16.7 Å². The molecule has 0 aliphatic rings. The van der Waals surface area contributed by atoms with Gasteiger partial charge in [-0.25, -0.2) is 0 Å². The van der Waals surface area contributed by atoms with Crippen LogP contribution in [0.2, 0.25) is 5.02 Å². The van der Waals surface area contributed by atoms with Gasteiger partial charge in [0, 0.05) is 6.08 Å². The number of anilines is 1. The lowest BCUT2D eigenvalue weighted by atomic mass is 10.1. The molecule has 3 aromatic rings. The Morgan fingerprint density at radius 2 is 1.85 bits per heavy atom. The van der Waals surface area contributed by atoms with Crippen LogP contribution in [0.3, 0.4) is 0 Å². The van der Waals surface area contributed by atoms with Gasteiger partial charge in [-0.15, -0.1) is 0 Å². The topological polar surface area (TPSA) is 47.6 Å². The predicted molar refractivity (Wildman–Crippen MR) is 126 cm³/mol. The van der Waals surface area contributed by atoms with Crippen LogP contribution in [0.15, 0.2) is 71.2 Å². The van der Waals surface area contributed by atoms with Gasteiger partial charge in [0.05, 0.1) is 27.9 Å². The quantitative estimate of drug-likeness (QED) is 0.319. The molecule has 0 saturated heterocycles. The maximum Gasteiger partial charge on any atom is 0.416 e. The van der Waals surface area contributed by atoms with E-state index in [2.05, 4.69) is 21.2 Å². The first-order chi connectivity index (χ1) is 15.7. The molecule has 0 aromatic heterocycles. The predicted octanol–water partition coefficient (Wildman–Crippen LogP) is 7.36. The Morgan fingerprint density at radius 3 is 2.52 bits per heavy atom. The zero-order valence-electron chi connectivity index (χ0n) is 17.2. The lowest BCUT2D eigenvalue weighted by molar-refractivity contribution is -0.137. The third kappa shape index (κ3) is 6.76. The molecule has 0 unspecified atom stereocenters. The highest BCUT2D eigenvalue weighted by atomic mass is 79.9. The van der Waals surface area contributed by atoms with Crippen molar-refractivity contribution >= 4 is 45.2 Å². The monoisotopic (exact) mass is 539 g/mol. The second-order valence-electron chi connectivity index (χ2n) is 6.82. The number of hydrogen-bond donors (Lipinski definition) is 1. The third-order valence-electron chi connectivity index (χ3n) is 4.46. The van der Waals surface area contributed by atoms with Gasteiger partial charge in [0.15, 0.2) is 11.5 Å². The Balaban J connectivity index is 1.73. The molecule has 0 aliphatic carbocycles. The van der Waals surface area contributed by atoms with E-state index in [9.17, 15) is 18.0 Å². The van der Waals surface area contributed by atoms with Crippen molar-refractivity contribution in [2.45, 2.75) is 12.8 Å². The van der Waals surface area contributed by atoms with Gasteiger partial charge >= 0.3 is 6.18 Å². The molecule has 0 radical (unpaired) electrons. The van der Waals surface area contributed by atoms with Crippen molar-refractivity contribution in [3.63, 3.8) is 0 Å². The fourth-order valence-corrected chi connectivity index (χ4v) is 3.59. The minimum Gasteiger partial charge on any atom is -0.493 e. The maximum absolute atomic E-state index is 12.9. The highest BCUT2D eigenvalue weighted by Crippen LogP contribution is 2.38. The first-order valence-corrected chi connectivity index (χ1v) is 10.7. The van der Waals surface area contributed by atoms with E-state index >= 15 is 0 Å². The van der Waals surface area contributed by atoms with Gasteiger partial charge in [0.1, 0.15) is 6.61 Å². The molecule has 1 amide bonds. The lowest BCUT2D eigenvalue weighted by Crippen LogP contribution is -2.11. The summed E-state index contributed by atoms with van der Waals surface area (Å²) in [5.74, 6) is 0.302. The summed E-state index contributed by atoms with van der Waals surface area (Å²) in [5, 5.41) is 2.36. The number of carbonyl (C=O) groups is 1. The molecule has 0 atom stereocenters. The van der Waals surface area contributed by atoms with Crippen molar-refractivity contribution < 1.29 is 27.4 Å². The summed E-state index contributed by atoms with van der Waals surface area (Å²) >= 11 is 9.36. The Labute approximate surface area is 202 Å². The van der Waals surface area contributed by atoms with Crippen molar-refractivity contribution in [1.82, 2.24) is 0 Å². The van der Waals surface area contributed by atoms with E-state index in [-0.39, 0.29) is 10.7 Å². The maximum atomic E-state index is 12.9. The Morgan fingerprint density at radius 1 is 1.12 bits per heavy atom. The molecule has 3 rings (SSSR count). The molecule has 0 saturated carbocycles. The van der Waals surface area contributed by atoms with Crippen molar-refractivity contribution in [2.75, 3.05) is 12.4 Å². The number of alkyl halides is 3. The molecular formula is C24H18BrClF3NO3. The van der Waals surface area contributed by atoms with Crippen molar-refractivity contribution in [1.29, 1.82) is 0 Å². The van der Waals surface area contributed by atoms with Crippen LogP contribution in [-0.2, 0) is 17.6 Å². The first-order valence-electron chi connectivity index (χ1n) is 9.57. The Kier molecular flexibility index (Phi) is 8.05. The standard InChI is InChI=1S/C24H18BrClF3NO3/c1-32-21-12-16(11-18(25)23(21)33-14-15-5-3-2-4-6-15)7-10-22(31)30-20-13-17(24(27,28)29)8-9-19(20)26/h2-13H,14H2,1H3,(H,30,31)/b10-7+. The van der Waals surface area contributed by atoms with Crippen molar-refractivity contribution in [3.8, 4) is 11.5 Å². The largest absolute Gasteiger partial charge is 0.493 e. The van der Waals surface area contributed by atoms with Gasteiger partial charge in [0.2, 0.25) is 5.91 Å². The van der Waals surface area contributed by atoms with Gasteiger partial charge in [0.25, 0.3) is 0 Å². The van der Waals surface area contributed by atoms with Crippen molar-refractivity contribution in [2.24, 2.45) is 0 Å². The first kappa shape index (κ1) is 24.7. The summed E-state index contributed by atoms with van der Waals surface area (Å²) in [7, 11) is 1.49. The van der Waals surface area contributed by atoms with Crippen LogP contribution in [0.5, 0.6) is 11.5 Å². The summed E-state index contributed by atoms with van der Waals surface area (Å²) in [6.45, 7) is 0.338. The molecule has 33 heavy (non-hydrogen) atoms. The number of methoxy groups -OCH3 is 1. The fourth-order valence-electron chi connectivity index (χ4n) is 2.85. The molecule has 172 valence electrons. The zero-order valence-corrected chi connectivity index (χ0v) is 19.6. The Bertz CT molecular complexity index is 1170. The summed E-state index contributed by atoms with van der Waals surface area (Å²) in [6.07, 6.45) is -1.87. The van der Waals surface area contributed by atoms with Gasteiger partial charge in [-0.1, -0.05) is 41.9 Å². The molecule has 0 bridgehead atoms. The number of halogens is 5. The number of benzene rings is 3. The molecule has 0 fully saturated rings. The molecule has 3 aromatic carbocycles. The molecule has 0 spiro atoms.